The molecule has 120 valence electrons. The molecule has 1 saturated heterocycles. The summed E-state index contributed by atoms with van der Waals surface area (Å²) < 4.78 is 0. The molecular weight excluding hydrogens is 276 g/mol. The fraction of sp³-hybridized carbons (Fsp3) is 0.611. The SMILES string of the molecule is CCN1C(=O)CCc2cc(C(O)CCN3CCCC3)ccc21. The molecule has 4 nitrogen and oxygen atoms in total. The monoisotopic (exact) mass is 302 g/mol. The maximum absolute atomic E-state index is 11.9. The molecule has 0 aliphatic carbocycles. The van der Waals surface area contributed by atoms with Gasteiger partial charge in [0, 0.05) is 25.2 Å². The number of aliphatic hydroxyl groups excluding tert-OH is 1. The molecule has 1 atom stereocenters. The van der Waals surface area contributed by atoms with Crippen LogP contribution in [0.4, 0.5) is 5.69 Å². The lowest BCUT2D eigenvalue weighted by atomic mass is 9.96. The highest BCUT2D eigenvalue weighted by atomic mass is 16.3. The molecule has 1 aromatic carbocycles. The van der Waals surface area contributed by atoms with Gasteiger partial charge in [-0.3, -0.25) is 4.79 Å². The highest BCUT2D eigenvalue weighted by Gasteiger charge is 2.23. The van der Waals surface area contributed by atoms with Crippen LogP contribution >= 0.6 is 0 Å². The second kappa shape index (κ2) is 6.80. The Balaban J connectivity index is 1.68. The molecule has 0 radical (unpaired) electrons. The summed E-state index contributed by atoms with van der Waals surface area (Å²) in [5.41, 5.74) is 3.21. The number of rotatable bonds is 5. The van der Waals surface area contributed by atoms with Crippen molar-refractivity contribution in [1.29, 1.82) is 0 Å². The number of anilines is 1. The highest BCUT2D eigenvalue weighted by molar-refractivity contribution is 5.96. The fourth-order valence-electron chi connectivity index (χ4n) is 3.61. The number of fused-ring (bicyclic) bond motifs is 1. The maximum Gasteiger partial charge on any atom is 0.227 e. The summed E-state index contributed by atoms with van der Waals surface area (Å²) in [6, 6.07) is 6.08. The smallest absolute Gasteiger partial charge is 0.227 e. The first-order valence-corrected chi connectivity index (χ1v) is 8.52. The van der Waals surface area contributed by atoms with Crippen LogP contribution in [0.3, 0.4) is 0 Å². The molecular formula is C18H26N2O2. The first kappa shape index (κ1) is 15.5. The van der Waals surface area contributed by atoms with Crippen molar-refractivity contribution in [2.24, 2.45) is 0 Å². The van der Waals surface area contributed by atoms with Gasteiger partial charge in [-0.2, -0.15) is 0 Å². The van der Waals surface area contributed by atoms with Crippen molar-refractivity contribution in [2.75, 3.05) is 31.1 Å². The van der Waals surface area contributed by atoms with Gasteiger partial charge >= 0.3 is 0 Å². The molecule has 3 rings (SSSR count). The predicted octanol–water partition coefficient (Wildman–Crippen LogP) is 2.51. The van der Waals surface area contributed by atoms with Gasteiger partial charge in [-0.15, -0.1) is 0 Å². The fourth-order valence-corrected chi connectivity index (χ4v) is 3.61. The predicted molar refractivity (Wildman–Crippen MR) is 88.0 cm³/mol. The van der Waals surface area contributed by atoms with Crippen LogP contribution in [0.25, 0.3) is 0 Å². The average Bonchev–Trinajstić information content (AvgIpc) is 3.05. The number of carbonyl (C=O) groups excluding carboxylic acids is 1. The Morgan fingerprint density at radius 3 is 2.73 bits per heavy atom. The van der Waals surface area contributed by atoms with Crippen molar-refractivity contribution < 1.29 is 9.90 Å². The van der Waals surface area contributed by atoms with Crippen LogP contribution in [0.2, 0.25) is 0 Å². The van der Waals surface area contributed by atoms with Crippen LogP contribution in [0.1, 0.15) is 49.8 Å². The van der Waals surface area contributed by atoms with Gasteiger partial charge in [0.25, 0.3) is 0 Å². The summed E-state index contributed by atoms with van der Waals surface area (Å²) in [6.45, 7) is 6.03. The number of hydrogen-bond donors (Lipinski definition) is 1. The van der Waals surface area contributed by atoms with Crippen molar-refractivity contribution in [3.63, 3.8) is 0 Å². The number of amides is 1. The highest BCUT2D eigenvalue weighted by Crippen LogP contribution is 2.31. The van der Waals surface area contributed by atoms with Crippen LogP contribution in [0, 0.1) is 0 Å². The number of carbonyl (C=O) groups is 1. The van der Waals surface area contributed by atoms with Crippen molar-refractivity contribution in [2.45, 2.75) is 45.1 Å². The topological polar surface area (TPSA) is 43.8 Å². The molecule has 4 heteroatoms. The minimum atomic E-state index is -0.404. The summed E-state index contributed by atoms with van der Waals surface area (Å²) in [5, 5.41) is 10.5. The first-order valence-electron chi connectivity index (χ1n) is 8.52. The van der Waals surface area contributed by atoms with Crippen molar-refractivity contribution in [3.05, 3.63) is 29.3 Å². The third kappa shape index (κ3) is 3.18. The molecule has 2 aliphatic heterocycles. The molecule has 1 amide bonds. The summed E-state index contributed by atoms with van der Waals surface area (Å²) in [5.74, 6) is 0.206. The van der Waals surface area contributed by atoms with Gasteiger partial charge < -0.3 is 14.9 Å². The molecule has 0 spiro atoms. The van der Waals surface area contributed by atoms with E-state index >= 15 is 0 Å². The van der Waals surface area contributed by atoms with E-state index in [2.05, 4.69) is 11.0 Å². The van der Waals surface area contributed by atoms with Crippen molar-refractivity contribution >= 4 is 11.6 Å². The number of hydrogen-bond acceptors (Lipinski definition) is 3. The lowest BCUT2D eigenvalue weighted by Gasteiger charge is -2.29. The minimum Gasteiger partial charge on any atom is -0.388 e. The number of aliphatic hydroxyl groups is 1. The van der Waals surface area contributed by atoms with Gasteiger partial charge in [0.15, 0.2) is 0 Å². The van der Waals surface area contributed by atoms with Crippen LogP contribution in [0.5, 0.6) is 0 Å². The molecule has 0 aromatic heterocycles. The number of nitrogens with zero attached hydrogens (tertiary/aromatic N) is 2. The van der Waals surface area contributed by atoms with Gasteiger partial charge in [-0.05, 0) is 62.9 Å². The molecule has 0 saturated carbocycles. The molecule has 1 fully saturated rings. The number of aryl methyl sites for hydroxylation is 1. The van der Waals surface area contributed by atoms with Gasteiger partial charge in [0.1, 0.15) is 0 Å². The summed E-state index contributed by atoms with van der Waals surface area (Å²) in [4.78, 5) is 16.2. The van der Waals surface area contributed by atoms with E-state index < -0.39 is 6.10 Å². The van der Waals surface area contributed by atoms with Crippen LogP contribution in [-0.4, -0.2) is 42.1 Å². The molecule has 2 heterocycles. The van der Waals surface area contributed by atoms with Crippen LogP contribution < -0.4 is 4.90 Å². The van der Waals surface area contributed by atoms with Crippen LogP contribution in [-0.2, 0) is 11.2 Å². The Morgan fingerprint density at radius 1 is 1.23 bits per heavy atom. The summed E-state index contributed by atoms with van der Waals surface area (Å²) in [6.07, 6.45) is 4.32. The van der Waals surface area contributed by atoms with E-state index in [0.717, 1.165) is 30.6 Å². The normalized spacial score (nSPS) is 20.3. The Labute approximate surface area is 132 Å². The minimum absolute atomic E-state index is 0.206. The van der Waals surface area contributed by atoms with Gasteiger partial charge in [-0.1, -0.05) is 12.1 Å². The Bertz CT molecular complexity index is 538. The van der Waals surface area contributed by atoms with E-state index in [1.165, 1.54) is 31.5 Å². The van der Waals surface area contributed by atoms with Gasteiger partial charge in [0.05, 0.1) is 6.10 Å². The van der Waals surface area contributed by atoms with Crippen LogP contribution in [0.15, 0.2) is 18.2 Å². The quantitative estimate of drug-likeness (QED) is 0.909. The van der Waals surface area contributed by atoms with E-state index in [0.29, 0.717) is 13.0 Å². The largest absolute Gasteiger partial charge is 0.388 e. The number of benzene rings is 1. The van der Waals surface area contributed by atoms with Crippen molar-refractivity contribution in [1.82, 2.24) is 4.90 Å². The van der Waals surface area contributed by atoms with Gasteiger partial charge in [-0.25, -0.2) is 0 Å². The zero-order chi connectivity index (χ0) is 15.5. The standard InChI is InChI=1S/C18H26N2O2/c1-2-20-16-7-5-15(13-14(16)6-8-18(20)22)17(21)9-12-19-10-3-4-11-19/h5,7,13,17,21H,2-4,6,8-12H2,1H3. The van der Waals surface area contributed by atoms with E-state index in [-0.39, 0.29) is 5.91 Å². The first-order chi connectivity index (χ1) is 10.7. The lowest BCUT2D eigenvalue weighted by molar-refractivity contribution is -0.118. The number of likely N-dealkylation sites (tertiary alicyclic amines) is 1. The zero-order valence-corrected chi connectivity index (χ0v) is 13.4. The molecule has 1 aromatic rings. The van der Waals surface area contributed by atoms with Gasteiger partial charge in [0.2, 0.25) is 5.91 Å². The second-order valence-electron chi connectivity index (χ2n) is 6.38. The molecule has 22 heavy (non-hydrogen) atoms. The summed E-state index contributed by atoms with van der Waals surface area (Å²) in [7, 11) is 0. The molecule has 2 aliphatic rings. The summed E-state index contributed by atoms with van der Waals surface area (Å²) >= 11 is 0. The Kier molecular flexibility index (Phi) is 4.79. The van der Waals surface area contributed by atoms with E-state index in [4.69, 9.17) is 0 Å². The van der Waals surface area contributed by atoms with Crippen molar-refractivity contribution in [3.8, 4) is 0 Å². The maximum atomic E-state index is 11.9. The van der Waals surface area contributed by atoms with E-state index in [9.17, 15) is 9.90 Å². The average molecular weight is 302 g/mol. The van der Waals surface area contributed by atoms with E-state index in [1.54, 1.807) is 0 Å². The third-order valence-corrected chi connectivity index (χ3v) is 4.92. The third-order valence-electron chi connectivity index (χ3n) is 4.92. The lowest BCUT2D eigenvalue weighted by Crippen LogP contribution is -2.34. The Hall–Kier alpha value is -1.39. The molecule has 0 bridgehead atoms. The zero-order valence-electron chi connectivity index (χ0n) is 13.4. The Morgan fingerprint density at radius 2 is 2.00 bits per heavy atom. The molecule has 1 N–H and O–H groups in total. The second-order valence-corrected chi connectivity index (χ2v) is 6.38. The van der Waals surface area contributed by atoms with E-state index in [1.807, 2.05) is 24.0 Å². The molecule has 1 unspecified atom stereocenters.